The summed E-state index contributed by atoms with van der Waals surface area (Å²) in [5.74, 6) is -0.740. The number of aromatic nitrogens is 1. The summed E-state index contributed by atoms with van der Waals surface area (Å²) >= 11 is 0.777. The molecule has 0 saturated heterocycles. The molecule has 208 valence electrons. The molecular formula is C30H33N5O4S. The molecule has 0 radical (unpaired) electrons. The van der Waals surface area contributed by atoms with E-state index in [0.29, 0.717) is 36.1 Å². The summed E-state index contributed by atoms with van der Waals surface area (Å²) in [6.07, 6.45) is 0.772. The molecule has 1 heterocycles. The first-order valence-corrected chi connectivity index (χ1v) is 13.9. The van der Waals surface area contributed by atoms with Crippen LogP contribution in [0.5, 0.6) is 5.75 Å². The zero-order valence-corrected chi connectivity index (χ0v) is 23.5. The highest BCUT2D eigenvalue weighted by molar-refractivity contribution is 7.09. The van der Waals surface area contributed by atoms with Crippen molar-refractivity contribution in [3.63, 3.8) is 0 Å². The standard InChI is InChI=1S/C30H33N5O4S/c1-4-39-21-14-12-20(13-15-21)26(29(37)33-17-16-18(2)3)35(23-11-7-9-19-8-5-6-10-22(19)23)30(38)27-24(31)25(28(32)36)34-40-27/h5-15,18,26H,4,16-17,31H2,1-3H3,(H2,32,36)(H,33,37)/t26-/m0/s1. The molecule has 0 bridgehead atoms. The number of carbonyl (C=O) groups excluding carboxylic acids is 3. The predicted octanol–water partition coefficient (Wildman–Crippen LogP) is 4.93. The summed E-state index contributed by atoms with van der Waals surface area (Å²) in [6.45, 7) is 6.97. The Labute approximate surface area is 237 Å². The van der Waals surface area contributed by atoms with Crippen LogP contribution in [-0.2, 0) is 4.79 Å². The highest BCUT2D eigenvalue weighted by atomic mass is 32.1. The molecule has 0 spiro atoms. The van der Waals surface area contributed by atoms with Crippen LogP contribution in [0.15, 0.2) is 66.7 Å². The monoisotopic (exact) mass is 559 g/mol. The largest absolute Gasteiger partial charge is 0.494 e. The molecule has 0 aliphatic carbocycles. The molecule has 0 aliphatic rings. The molecule has 1 atom stereocenters. The molecule has 0 unspecified atom stereocenters. The van der Waals surface area contributed by atoms with Gasteiger partial charge in [-0.05, 0) is 59.9 Å². The number of nitrogens with zero attached hydrogens (tertiary/aromatic N) is 2. The van der Waals surface area contributed by atoms with E-state index in [1.54, 1.807) is 30.3 Å². The zero-order valence-electron chi connectivity index (χ0n) is 22.7. The van der Waals surface area contributed by atoms with Gasteiger partial charge < -0.3 is 21.5 Å². The molecule has 9 nitrogen and oxygen atoms in total. The maximum Gasteiger partial charge on any atom is 0.273 e. The number of nitrogens with two attached hydrogens (primary N) is 2. The van der Waals surface area contributed by atoms with E-state index in [9.17, 15) is 14.4 Å². The van der Waals surface area contributed by atoms with Crippen LogP contribution in [0.4, 0.5) is 11.4 Å². The molecule has 0 fully saturated rings. The van der Waals surface area contributed by atoms with E-state index < -0.39 is 17.9 Å². The number of benzene rings is 3. The molecule has 5 N–H and O–H groups in total. The van der Waals surface area contributed by atoms with Gasteiger partial charge >= 0.3 is 0 Å². The first-order valence-electron chi connectivity index (χ1n) is 13.1. The van der Waals surface area contributed by atoms with E-state index in [4.69, 9.17) is 16.2 Å². The predicted molar refractivity (Wildman–Crippen MR) is 159 cm³/mol. The Balaban J connectivity index is 1.92. The first-order chi connectivity index (χ1) is 19.2. The van der Waals surface area contributed by atoms with Crippen molar-refractivity contribution in [3.8, 4) is 5.75 Å². The third-order valence-corrected chi connectivity index (χ3v) is 7.29. The average Bonchev–Trinajstić information content (AvgIpc) is 3.33. The lowest BCUT2D eigenvalue weighted by Crippen LogP contribution is -2.44. The van der Waals surface area contributed by atoms with Gasteiger partial charge in [0, 0.05) is 11.9 Å². The number of nitrogens with one attached hydrogen (secondary N) is 1. The molecule has 3 amide bonds. The number of primary amides is 1. The SMILES string of the molecule is CCOc1ccc([C@@H](C(=O)NCCC(C)C)N(C(=O)c2snc(C(N)=O)c2N)c2cccc3ccccc23)cc1. The lowest BCUT2D eigenvalue weighted by Gasteiger charge is -2.32. The molecule has 0 saturated carbocycles. The second kappa shape index (κ2) is 12.6. The Morgan fingerprint density at radius 2 is 1.73 bits per heavy atom. The van der Waals surface area contributed by atoms with Crippen molar-refractivity contribution in [3.05, 3.63) is 82.9 Å². The maximum atomic E-state index is 14.4. The number of fused-ring (bicyclic) bond motifs is 1. The van der Waals surface area contributed by atoms with Crippen LogP contribution < -0.4 is 26.4 Å². The second-order valence-corrected chi connectivity index (χ2v) is 10.5. The van der Waals surface area contributed by atoms with Gasteiger partial charge in [-0.2, -0.15) is 4.37 Å². The van der Waals surface area contributed by atoms with Gasteiger partial charge in [0.1, 0.15) is 16.7 Å². The topological polar surface area (TPSA) is 141 Å². The van der Waals surface area contributed by atoms with Gasteiger partial charge in [0.15, 0.2) is 5.69 Å². The van der Waals surface area contributed by atoms with Crippen molar-refractivity contribution in [2.75, 3.05) is 23.8 Å². The minimum atomic E-state index is -1.07. The molecule has 3 aromatic carbocycles. The Morgan fingerprint density at radius 1 is 1.02 bits per heavy atom. The Bertz CT molecular complexity index is 1510. The van der Waals surface area contributed by atoms with E-state index in [1.807, 2.05) is 43.3 Å². The lowest BCUT2D eigenvalue weighted by atomic mass is 10.00. The average molecular weight is 560 g/mol. The third kappa shape index (κ3) is 6.07. The summed E-state index contributed by atoms with van der Waals surface area (Å²) in [7, 11) is 0. The van der Waals surface area contributed by atoms with Crippen molar-refractivity contribution in [1.82, 2.24) is 9.69 Å². The van der Waals surface area contributed by atoms with Crippen molar-refractivity contribution >= 4 is 51.4 Å². The Morgan fingerprint density at radius 3 is 2.38 bits per heavy atom. The minimum absolute atomic E-state index is 0.0210. The molecule has 40 heavy (non-hydrogen) atoms. The lowest BCUT2D eigenvalue weighted by molar-refractivity contribution is -0.122. The van der Waals surface area contributed by atoms with Gasteiger partial charge in [-0.25, -0.2) is 0 Å². The minimum Gasteiger partial charge on any atom is -0.494 e. The van der Waals surface area contributed by atoms with Crippen LogP contribution in [-0.4, -0.2) is 35.2 Å². The van der Waals surface area contributed by atoms with E-state index in [2.05, 4.69) is 23.5 Å². The van der Waals surface area contributed by atoms with Crippen molar-refractivity contribution < 1.29 is 19.1 Å². The van der Waals surface area contributed by atoms with E-state index in [1.165, 1.54) is 4.90 Å². The number of ether oxygens (including phenoxy) is 1. The third-order valence-electron chi connectivity index (χ3n) is 6.43. The number of rotatable bonds is 11. The number of anilines is 2. The van der Waals surface area contributed by atoms with Crippen LogP contribution in [0.2, 0.25) is 0 Å². The summed E-state index contributed by atoms with van der Waals surface area (Å²) in [4.78, 5) is 41.7. The summed E-state index contributed by atoms with van der Waals surface area (Å²) in [5, 5.41) is 4.67. The zero-order chi connectivity index (χ0) is 28.8. The van der Waals surface area contributed by atoms with Gasteiger partial charge in [0.25, 0.3) is 11.8 Å². The van der Waals surface area contributed by atoms with E-state index in [0.717, 1.165) is 28.7 Å². The van der Waals surface area contributed by atoms with Crippen LogP contribution in [0.25, 0.3) is 10.8 Å². The van der Waals surface area contributed by atoms with E-state index in [-0.39, 0.29) is 22.2 Å². The Hall–Kier alpha value is -4.44. The quantitative estimate of drug-likeness (QED) is 0.238. The molecule has 4 rings (SSSR count). The molecule has 1 aromatic heterocycles. The van der Waals surface area contributed by atoms with Crippen LogP contribution in [0.1, 0.15) is 59.0 Å². The van der Waals surface area contributed by atoms with Crippen molar-refractivity contribution in [2.45, 2.75) is 33.2 Å². The highest BCUT2D eigenvalue weighted by Gasteiger charge is 2.36. The fraction of sp³-hybridized carbons (Fsp3) is 0.267. The first kappa shape index (κ1) is 28.6. The number of hydrogen-bond donors (Lipinski definition) is 3. The summed E-state index contributed by atoms with van der Waals surface area (Å²) < 4.78 is 9.64. The maximum absolute atomic E-state index is 14.4. The van der Waals surface area contributed by atoms with Gasteiger partial charge in [0.05, 0.1) is 18.0 Å². The van der Waals surface area contributed by atoms with Gasteiger partial charge in [-0.1, -0.05) is 62.4 Å². The number of nitrogen functional groups attached to an aromatic ring is 1. The smallest absolute Gasteiger partial charge is 0.273 e. The van der Waals surface area contributed by atoms with E-state index >= 15 is 0 Å². The number of amides is 3. The normalized spacial score (nSPS) is 11.8. The van der Waals surface area contributed by atoms with Crippen LogP contribution >= 0.6 is 11.5 Å². The fourth-order valence-corrected chi connectivity index (χ4v) is 5.18. The van der Waals surface area contributed by atoms with Crippen LogP contribution in [0.3, 0.4) is 0 Å². The van der Waals surface area contributed by atoms with Crippen molar-refractivity contribution in [2.24, 2.45) is 11.7 Å². The summed E-state index contributed by atoms with van der Waals surface area (Å²) in [5.41, 5.74) is 12.4. The molecule has 10 heteroatoms. The highest BCUT2D eigenvalue weighted by Crippen LogP contribution is 2.37. The van der Waals surface area contributed by atoms with Gasteiger partial charge in [-0.15, -0.1) is 0 Å². The Kier molecular flexibility index (Phi) is 9.00. The molecular weight excluding hydrogens is 526 g/mol. The number of carbonyl (C=O) groups is 3. The van der Waals surface area contributed by atoms with Gasteiger partial charge in [0.2, 0.25) is 5.91 Å². The van der Waals surface area contributed by atoms with Crippen LogP contribution in [0, 0.1) is 5.92 Å². The molecule has 0 aliphatic heterocycles. The number of hydrogen-bond acceptors (Lipinski definition) is 7. The summed E-state index contributed by atoms with van der Waals surface area (Å²) in [6, 6.07) is 19.2. The molecule has 4 aromatic rings. The fourth-order valence-electron chi connectivity index (χ4n) is 4.43. The second-order valence-electron chi connectivity index (χ2n) is 9.69. The van der Waals surface area contributed by atoms with Crippen molar-refractivity contribution in [1.29, 1.82) is 0 Å². The van der Waals surface area contributed by atoms with Gasteiger partial charge in [-0.3, -0.25) is 19.3 Å².